The van der Waals surface area contributed by atoms with Crippen LogP contribution >= 0.6 is 0 Å². The third-order valence-electron chi connectivity index (χ3n) is 5.46. The number of nitrogens with one attached hydrogen (secondary N) is 1. The smallest absolute Gasteiger partial charge is 0.264 e. The van der Waals surface area contributed by atoms with Crippen LogP contribution < -0.4 is 9.62 Å². The Kier molecular flexibility index (Phi) is 8.03. The molecule has 0 heterocycles. The summed E-state index contributed by atoms with van der Waals surface area (Å²) < 4.78 is 45.9. The highest BCUT2D eigenvalue weighted by Crippen LogP contribution is 2.23. The fourth-order valence-electron chi connectivity index (χ4n) is 3.60. The first kappa shape index (κ1) is 23.2. The Balaban J connectivity index is 1.55. The Morgan fingerprint density at radius 2 is 1.84 bits per heavy atom. The first-order valence-electron chi connectivity index (χ1n) is 10.6. The minimum atomic E-state index is -3.89. The van der Waals surface area contributed by atoms with E-state index in [2.05, 4.69) is 5.32 Å². The summed E-state index contributed by atoms with van der Waals surface area (Å²) in [7, 11) is -2.50. The second kappa shape index (κ2) is 10.7. The van der Waals surface area contributed by atoms with E-state index in [1.165, 1.54) is 68.8 Å². The maximum atomic E-state index is 13.1. The zero-order chi connectivity index (χ0) is 22.3. The average Bonchev–Trinajstić information content (AvgIpc) is 2.79. The fourth-order valence-corrected chi connectivity index (χ4v) is 4.85. The fraction of sp³-hybridized carbons (Fsp3) is 0.435. The van der Waals surface area contributed by atoms with Crippen LogP contribution in [0.4, 0.5) is 10.1 Å². The molecule has 6 nitrogen and oxygen atoms in total. The lowest BCUT2D eigenvalue weighted by molar-refractivity contribution is 0.0273. The number of carbonyl (C=O) groups is 1. The van der Waals surface area contributed by atoms with Crippen LogP contribution in [0.1, 0.15) is 48.9 Å². The van der Waals surface area contributed by atoms with Gasteiger partial charge in [0, 0.05) is 25.8 Å². The first-order chi connectivity index (χ1) is 14.9. The van der Waals surface area contributed by atoms with E-state index in [9.17, 15) is 17.6 Å². The topological polar surface area (TPSA) is 75.7 Å². The van der Waals surface area contributed by atoms with Gasteiger partial charge in [0.15, 0.2) is 0 Å². The monoisotopic (exact) mass is 448 g/mol. The summed E-state index contributed by atoms with van der Waals surface area (Å²) in [6.45, 7) is 1.06. The molecule has 0 bridgehead atoms. The molecule has 0 aliphatic heterocycles. The molecule has 0 aromatic heterocycles. The van der Waals surface area contributed by atoms with Crippen molar-refractivity contribution in [2.75, 3.05) is 24.5 Å². The number of hydrogen-bond donors (Lipinski definition) is 1. The van der Waals surface area contributed by atoms with Crippen molar-refractivity contribution in [3.63, 3.8) is 0 Å². The molecule has 0 unspecified atom stereocenters. The van der Waals surface area contributed by atoms with Gasteiger partial charge in [-0.2, -0.15) is 0 Å². The Hall–Kier alpha value is -2.45. The number of halogens is 1. The van der Waals surface area contributed by atoms with Crippen molar-refractivity contribution in [3.05, 3.63) is 59.9 Å². The molecule has 1 N–H and O–H groups in total. The first-order valence-corrected chi connectivity index (χ1v) is 12.1. The van der Waals surface area contributed by atoms with Gasteiger partial charge in [-0.1, -0.05) is 25.3 Å². The maximum absolute atomic E-state index is 13.1. The van der Waals surface area contributed by atoms with Crippen molar-refractivity contribution in [2.45, 2.75) is 49.5 Å². The molecule has 1 fully saturated rings. The number of benzene rings is 2. The molecule has 2 aromatic carbocycles. The molecule has 168 valence electrons. The predicted molar refractivity (Wildman–Crippen MR) is 118 cm³/mol. The molecule has 1 amide bonds. The number of rotatable bonds is 9. The van der Waals surface area contributed by atoms with Crippen LogP contribution in [-0.4, -0.2) is 40.6 Å². The summed E-state index contributed by atoms with van der Waals surface area (Å²) in [5.41, 5.74) is 0.594. The largest absolute Gasteiger partial charge is 0.378 e. The Bertz CT molecular complexity index is 973. The Morgan fingerprint density at radius 1 is 1.13 bits per heavy atom. The van der Waals surface area contributed by atoms with Crippen LogP contribution in [0, 0.1) is 5.82 Å². The Labute approximate surface area is 183 Å². The lowest BCUT2D eigenvalue weighted by Gasteiger charge is -2.22. The number of anilines is 1. The summed E-state index contributed by atoms with van der Waals surface area (Å²) in [6, 6.07) is 11.1. The van der Waals surface area contributed by atoms with Crippen molar-refractivity contribution in [2.24, 2.45) is 0 Å². The highest BCUT2D eigenvalue weighted by molar-refractivity contribution is 7.92. The van der Waals surface area contributed by atoms with Gasteiger partial charge < -0.3 is 10.1 Å². The van der Waals surface area contributed by atoms with E-state index in [4.69, 9.17) is 4.74 Å². The molecule has 0 spiro atoms. The van der Waals surface area contributed by atoms with Gasteiger partial charge in [-0.15, -0.1) is 0 Å². The molecule has 8 heteroatoms. The number of carbonyl (C=O) groups excluding carboxylic acids is 1. The number of nitrogens with zero attached hydrogens (tertiary/aromatic N) is 1. The number of sulfonamides is 1. The molecule has 0 atom stereocenters. The van der Waals surface area contributed by atoms with E-state index < -0.39 is 15.8 Å². The van der Waals surface area contributed by atoms with Crippen LogP contribution in [0.25, 0.3) is 0 Å². The quantitative estimate of drug-likeness (QED) is 0.586. The summed E-state index contributed by atoms with van der Waals surface area (Å²) >= 11 is 0. The summed E-state index contributed by atoms with van der Waals surface area (Å²) in [4.78, 5) is 12.5. The zero-order valence-corrected chi connectivity index (χ0v) is 18.5. The van der Waals surface area contributed by atoms with Gasteiger partial charge in [0.1, 0.15) is 5.82 Å². The third-order valence-corrected chi connectivity index (χ3v) is 7.24. The summed E-state index contributed by atoms with van der Waals surface area (Å²) in [5.74, 6) is -0.781. The zero-order valence-electron chi connectivity index (χ0n) is 17.7. The van der Waals surface area contributed by atoms with Crippen molar-refractivity contribution in [1.29, 1.82) is 0 Å². The number of ether oxygens (including phenoxy) is 1. The molecule has 3 rings (SSSR count). The van der Waals surface area contributed by atoms with E-state index in [-0.39, 0.29) is 16.4 Å². The van der Waals surface area contributed by atoms with Crippen LogP contribution in [0.3, 0.4) is 0 Å². The molecular weight excluding hydrogens is 419 g/mol. The third kappa shape index (κ3) is 6.27. The van der Waals surface area contributed by atoms with Gasteiger partial charge in [-0.05, 0) is 61.7 Å². The van der Waals surface area contributed by atoms with Crippen LogP contribution in [0.2, 0.25) is 0 Å². The molecule has 0 radical (unpaired) electrons. The highest BCUT2D eigenvalue weighted by atomic mass is 32.2. The molecule has 31 heavy (non-hydrogen) atoms. The van der Waals surface area contributed by atoms with E-state index in [1.54, 1.807) is 6.07 Å². The minimum absolute atomic E-state index is 0.00685. The van der Waals surface area contributed by atoms with Crippen molar-refractivity contribution in [3.8, 4) is 0 Å². The van der Waals surface area contributed by atoms with Gasteiger partial charge in [0.05, 0.1) is 16.7 Å². The SMILES string of the molecule is CN(c1ccc(F)cc1)S(=O)(=O)c1cccc(C(=O)NCCCOC2CCCCC2)c1. The molecular formula is C23H29FN2O4S. The second-order valence-corrected chi connectivity index (χ2v) is 9.69. The Morgan fingerprint density at radius 3 is 2.55 bits per heavy atom. The van der Waals surface area contributed by atoms with E-state index >= 15 is 0 Å². The van der Waals surface area contributed by atoms with Crippen molar-refractivity contribution < 1.29 is 22.3 Å². The van der Waals surface area contributed by atoms with Crippen molar-refractivity contribution in [1.82, 2.24) is 5.32 Å². The number of amides is 1. The van der Waals surface area contributed by atoms with Crippen molar-refractivity contribution >= 4 is 21.6 Å². The van der Waals surface area contributed by atoms with Gasteiger partial charge in [0.2, 0.25) is 0 Å². The van der Waals surface area contributed by atoms with E-state index in [0.29, 0.717) is 31.4 Å². The minimum Gasteiger partial charge on any atom is -0.378 e. The van der Waals surface area contributed by atoms with Crippen LogP contribution in [0.15, 0.2) is 53.4 Å². The summed E-state index contributed by atoms with van der Waals surface area (Å²) in [5, 5.41) is 2.81. The standard InChI is InChI=1S/C23H29FN2O4S/c1-26(20-13-11-19(24)12-14-20)31(28,29)22-10-5-7-18(17-22)23(27)25-15-6-16-30-21-8-3-2-4-9-21/h5,7,10-14,17,21H,2-4,6,8-9,15-16H2,1H3,(H,25,27). The molecule has 1 aliphatic carbocycles. The van der Waals surface area contributed by atoms with E-state index in [0.717, 1.165) is 17.1 Å². The summed E-state index contributed by atoms with van der Waals surface area (Å²) in [6.07, 6.45) is 6.98. The predicted octanol–water partition coefficient (Wildman–Crippen LogP) is 4.12. The highest BCUT2D eigenvalue weighted by Gasteiger charge is 2.22. The van der Waals surface area contributed by atoms with E-state index in [1.807, 2.05) is 0 Å². The number of hydrogen-bond acceptors (Lipinski definition) is 4. The van der Waals surface area contributed by atoms with Gasteiger partial charge in [0.25, 0.3) is 15.9 Å². The maximum Gasteiger partial charge on any atom is 0.264 e. The molecule has 2 aromatic rings. The lowest BCUT2D eigenvalue weighted by Crippen LogP contribution is -2.28. The van der Waals surface area contributed by atoms with Gasteiger partial charge >= 0.3 is 0 Å². The molecule has 0 saturated heterocycles. The molecule has 1 aliphatic rings. The second-order valence-electron chi connectivity index (χ2n) is 7.72. The van der Waals surface area contributed by atoms with Crippen LogP contribution in [0.5, 0.6) is 0 Å². The molecule has 1 saturated carbocycles. The van der Waals surface area contributed by atoms with Gasteiger partial charge in [-0.3, -0.25) is 9.10 Å². The average molecular weight is 449 g/mol. The van der Waals surface area contributed by atoms with Crippen LogP contribution in [-0.2, 0) is 14.8 Å². The lowest BCUT2D eigenvalue weighted by atomic mass is 9.98. The normalized spacial score (nSPS) is 14.9. The van der Waals surface area contributed by atoms with Gasteiger partial charge in [-0.25, -0.2) is 12.8 Å².